The molecular formula is C25H31FN6O. The van der Waals surface area contributed by atoms with Crippen LogP contribution < -0.4 is 9.80 Å². The van der Waals surface area contributed by atoms with Crippen LogP contribution in [0.1, 0.15) is 43.2 Å². The van der Waals surface area contributed by atoms with Gasteiger partial charge < -0.3 is 14.9 Å². The number of rotatable bonds is 5. The van der Waals surface area contributed by atoms with Crippen LogP contribution >= 0.6 is 0 Å². The van der Waals surface area contributed by atoms with Crippen molar-refractivity contribution in [3.05, 3.63) is 59.0 Å². The van der Waals surface area contributed by atoms with Gasteiger partial charge in [0.2, 0.25) is 0 Å². The molecular weight excluding hydrogens is 419 g/mol. The van der Waals surface area contributed by atoms with E-state index in [0.29, 0.717) is 11.3 Å². The summed E-state index contributed by atoms with van der Waals surface area (Å²) in [4.78, 5) is 13.4. The SMILES string of the molecule is Cc1c(-c2ccc(CF)cc2)nnc(N2CCN(c3cnc(C(C)(C)O)cn3)[C@H](C)C2)c1C. The molecule has 0 spiro atoms. The van der Waals surface area contributed by atoms with Gasteiger partial charge in [-0.15, -0.1) is 10.2 Å². The molecule has 3 aromatic rings. The predicted molar refractivity (Wildman–Crippen MR) is 128 cm³/mol. The van der Waals surface area contributed by atoms with E-state index in [9.17, 15) is 9.50 Å². The van der Waals surface area contributed by atoms with E-state index in [4.69, 9.17) is 0 Å². The Kier molecular flexibility index (Phi) is 6.30. The fourth-order valence-electron chi connectivity index (χ4n) is 4.19. The molecule has 1 N–H and O–H groups in total. The van der Waals surface area contributed by atoms with Gasteiger partial charge in [-0.2, -0.15) is 0 Å². The third kappa shape index (κ3) is 4.66. The van der Waals surface area contributed by atoms with Gasteiger partial charge in [0.1, 0.15) is 18.1 Å². The van der Waals surface area contributed by atoms with Crippen molar-refractivity contribution in [2.75, 3.05) is 29.4 Å². The summed E-state index contributed by atoms with van der Waals surface area (Å²) in [5.74, 6) is 1.70. The molecule has 0 bridgehead atoms. The minimum Gasteiger partial charge on any atom is -0.384 e. The van der Waals surface area contributed by atoms with E-state index < -0.39 is 12.3 Å². The van der Waals surface area contributed by atoms with Crippen molar-refractivity contribution < 1.29 is 9.50 Å². The average Bonchev–Trinajstić information content (AvgIpc) is 2.80. The Hall–Kier alpha value is -3.13. The fraction of sp³-hybridized carbons (Fsp3) is 0.440. The minimum atomic E-state index is -1.01. The molecule has 1 aliphatic rings. The molecule has 8 heteroatoms. The van der Waals surface area contributed by atoms with Gasteiger partial charge in [0.05, 0.1) is 23.8 Å². The Morgan fingerprint density at radius 2 is 1.76 bits per heavy atom. The Bertz CT molecular complexity index is 1110. The highest BCUT2D eigenvalue weighted by atomic mass is 19.1. The van der Waals surface area contributed by atoms with Gasteiger partial charge in [-0.3, -0.25) is 4.98 Å². The third-order valence-corrected chi connectivity index (χ3v) is 6.37. The second kappa shape index (κ2) is 9.02. The summed E-state index contributed by atoms with van der Waals surface area (Å²) < 4.78 is 12.8. The molecule has 0 aliphatic carbocycles. The number of alkyl halides is 1. The molecule has 0 amide bonds. The normalized spacial score (nSPS) is 16.9. The number of hydrogen-bond acceptors (Lipinski definition) is 7. The number of halogens is 1. The maximum absolute atomic E-state index is 12.8. The minimum absolute atomic E-state index is 0.204. The molecule has 1 aliphatic heterocycles. The fourth-order valence-corrected chi connectivity index (χ4v) is 4.19. The summed E-state index contributed by atoms with van der Waals surface area (Å²) in [6, 6.07) is 7.58. The van der Waals surface area contributed by atoms with E-state index in [-0.39, 0.29) is 6.04 Å². The van der Waals surface area contributed by atoms with Gasteiger partial charge in [-0.1, -0.05) is 24.3 Å². The van der Waals surface area contributed by atoms with Crippen LogP contribution in [0.15, 0.2) is 36.7 Å². The highest BCUT2D eigenvalue weighted by molar-refractivity contribution is 5.67. The predicted octanol–water partition coefficient (Wildman–Crippen LogP) is 3.96. The van der Waals surface area contributed by atoms with Crippen LogP contribution in [-0.4, -0.2) is 50.9 Å². The summed E-state index contributed by atoms with van der Waals surface area (Å²) in [5, 5.41) is 19.2. The topological polar surface area (TPSA) is 78.3 Å². The van der Waals surface area contributed by atoms with Crippen LogP contribution in [0.2, 0.25) is 0 Å². The van der Waals surface area contributed by atoms with Gasteiger partial charge in [0.25, 0.3) is 0 Å². The quantitative estimate of drug-likeness (QED) is 0.630. The van der Waals surface area contributed by atoms with Crippen LogP contribution in [0.25, 0.3) is 11.3 Å². The first kappa shape index (κ1) is 23.0. The summed E-state index contributed by atoms with van der Waals surface area (Å²) in [6.45, 7) is 11.6. The van der Waals surface area contributed by atoms with E-state index >= 15 is 0 Å². The standard InChI is InChI=1S/C25H31FN6O/c1-16-15-31(10-11-32(16)22-14-27-21(13-28-22)25(4,5)33)24-18(3)17(2)23(29-30-24)20-8-6-19(12-26)7-9-20/h6-9,13-14,16,33H,10-12,15H2,1-5H3/t16-/m1/s1. The van der Waals surface area contributed by atoms with Gasteiger partial charge in [0, 0.05) is 31.2 Å². The van der Waals surface area contributed by atoms with Crippen LogP contribution in [0, 0.1) is 13.8 Å². The third-order valence-electron chi connectivity index (χ3n) is 6.37. The molecule has 4 rings (SSSR count). The molecule has 2 aromatic heterocycles. The van der Waals surface area contributed by atoms with Crippen LogP contribution in [0.4, 0.5) is 16.0 Å². The lowest BCUT2D eigenvalue weighted by molar-refractivity contribution is 0.0734. The summed E-state index contributed by atoms with van der Waals surface area (Å²) >= 11 is 0. The van der Waals surface area contributed by atoms with E-state index in [0.717, 1.165) is 53.7 Å². The zero-order chi connectivity index (χ0) is 23.8. The first-order valence-corrected chi connectivity index (χ1v) is 11.2. The van der Waals surface area contributed by atoms with Gasteiger partial charge in [-0.05, 0) is 51.3 Å². The molecule has 0 unspecified atom stereocenters. The number of piperazine rings is 1. The van der Waals surface area contributed by atoms with Gasteiger partial charge >= 0.3 is 0 Å². The van der Waals surface area contributed by atoms with E-state index in [1.54, 1.807) is 38.4 Å². The number of aliphatic hydroxyl groups is 1. The molecule has 0 radical (unpaired) electrons. The highest BCUT2D eigenvalue weighted by Crippen LogP contribution is 2.30. The average molecular weight is 451 g/mol. The molecule has 7 nitrogen and oxygen atoms in total. The Morgan fingerprint density at radius 3 is 2.33 bits per heavy atom. The summed E-state index contributed by atoms with van der Waals surface area (Å²) in [5.41, 5.74) is 4.15. The van der Waals surface area contributed by atoms with Crippen molar-refractivity contribution in [1.82, 2.24) is 20.2 Å². The van der Waals surface area contributed by atoms with Crippen LogP contribution in [0.3, 0.4) is 0 Å². The number of nitrogens with zero attached hydrogens (tertiary/aromatic N) is 6. The lowest BCUT2D eigenvalue weighted by atomic mass is 10.0. The molecule has 1 fully saturated rings. The number of aromatic nitrogens is 4. The first-order chi connectivity index (χ1) is 15.7. The van der Waals surface area contributed by atoms with Gasteiger partial charge in [-0.25, -0.2) is 9.37 Å². The van der Waals surface area contributed by atoms with E-state index in [1.807, 2.05) is 12.1 Å². The van der Waals surface area contributed by atoms with Crippen LogP contribution in [-0.2, 0) is 12.3 Å². The Morgan fingerprint density at radius 1 is 1.03 bits per heavy atom. The number of benzene rings is 1. The molecule has 33 heavy (non-hydrogen) atoms. The summed E-state index contributed by atoms with van der Waals surface area (Å²) in [6.07, 6.45) is 3.38. The molecule has 0 saturated carbocycles. The second-order valence-electron chi connectivity index (χ2n) is 9.26. The van der Waals surface area contributed by atoms with E-state index in [1.165, 1.54) is 0 Å². The smallest absolute Gasteiger partial charge is 0.154 e. The van der Waals surface area contributed by atoms with Crippen molar-refractivity contribution in [2.24, 2.45) is 0 Å². The van der Waals surface area contributed by atoms with Crippen molar-refractivity contribution in [3.8, 4) is 11.3 Å². The van der Waals surface area contributed by atoms with Crippen LogP contribution in [0.5, 0.6) is 0 Å². The number of hydrogen-bond donors (Lipinski definition) is 1. The summed E-state index contributed by atoms with van der Waals surface area (Å²) in [7, 11) is 0. The maximum atomic E-state index is 12.8. The highest BCUT2D eigenvalue weighted by Gasteiger charge is 2.28. The molecule has 1 atom stereocenters. The lowest BCUT2D eigenvalue weighted by Crippen LogP contribution is -2.53. The van der Waals surface area contributed by atoms with Gasteiger partial charge in [0.15, 0.2) is 5.82 Å². The zero-order valence-corrected chi connectivity index (χ0v) is 19.9. The lowest BCUT2D eigenvalue weighted by Gasteiger charge is -2.41. The number of anilines is 2. The molecule has 174 valence electrons. The van der Waals surface area contributed by atoms with E-state index in [2.05, 4.69) is 50.7 Å². The first-order valence-electron chi connectivity index (χ1n) is 11.2. The largest absolute Gasteiger partial charge is 0.384 e. The van der Waals surface area contributed by atoms with Crippen molar-refractivity contribution in [2.45, 2.75) is 52.9 Å². The van der Waals surface area contributed by atoms with Crippen molar-refractivity contribution >= 4 is 11.6 Å². The second-order valence-corrected chi connectivity index (χ2v) is 9.26. The van der Waals surface area contributed by atoms with Crippen molar-refractivity contribution in [3.63, 3.8) is 0 Å². The Balaban J connectivity index is 1.51. The maximum Gasteiger partial charge on any atom is 0.154 e. The molecule has 1 saturated heterocycles. The monoisotopic (exact) mass is 450 g/mol. The molecule has 1 aromatic carbocycles. The zero-order valence-electron chi connectivity index (χ0n) is 19.9. The Labute approximate surface area is 194 Å². The van der Waals surface area contributed by atoms with Crippen molar-refractivity contribution in [1.29, 1.82) is 0 Å². The molecule has 3 heterocycles.